The van der Waals surface area contributed by atoms with E-state index in [9.17, 15) is 0 Å². The van der Waals surface area contributed by atoms with E-state index < -0.39 is 0 Å². The Hall–Kier alpha value is -0.120. The first-order valence-corrected chi connectivity index (χ1v) is 5.73. The zero-order chi connectivity index (χ0) is 10.6. The average Bonchev–Trinajstić information content (AvgIpc) is 2.21. The molecule has 0 rings (SSSR count). The highest BCUT2D eigenvalue weighted by Gasteiger charge is 2.02. The maximum Gasteiger partial charge on any atom is 0.0701 e. The third-order valence-corrected chi connectivity index (χ3v) is 2.03. The molecule has 0 saturated heterocycles. The third-order valence-electron chi connectivity index (χ3n) is 2.03. The summed E-state index contributed by atoms with van der Waals surface area (Å²) >= 11 is 0. The van der Waals surface area contributed by atoms with Gasteiger partial charge < -0.3 is 14.8 Å². The summed E-state index contributed by atoms with van der Waals surface area (Å²) < 4.78 is 10.8. The van der Waals surface area contributed by atoms with Gasteiger partial charge in [-0.2, -0.15) is 0 Å². The highest BCUT2D eigenvalue weighted by Crippen LogP contribution is 1.92. The minimum absolute atomic E-state index is 0.492. The fraction of sp³-hybridized carbons (Fsp3) is 1.00. The first kappa shape index (κ1) is 13.9. The van der Waals surface area contributed by atoms with Crippen LogP contribution in [-0.2, 0) is 9.47 Å². The first-order valence-electron chi connectivity index (χ1n) is 5.73. The van der Waals surface area contributed by atoms with Crippen molar-refractivity contribution in [3.63, 3.8) is 0 Å². The van der Waals surface area contributed by atoms with Gasteiger partial charge in [-0.05, 0) is 19.4 Å². The van der Waals surface area contributed by atoms with Crippen LogP contribution in [0.1, 0.15) is 33.6 Å². The molecule has 14 heavy (non-hydrogen) atoms. The Morgan fingerprint density at radius 3 is 2.29 bits per heavy atom. The molecule has 0 amide bonds. The number of likely N-dealkylation sites (N-methyl/N-ethyl adjacent to an activating group) is 1. The van der Waals surface area contributed by atoms with Crippen molar-refractivity contribution < 1.29 is 9.47 Å². The van der Waals surface area contributed by atoms with Crippen molar-refractivity contribution in [1.29, 1.82) is 0 Å². The molecule has 1 unspecified atom stereocenters. The molecule has 86 valence electrons. The van der Waals surface area contributed by atoms with Crippen LogP contribution in [0.4, 0.5) is 0 Å². The normalized spacial score (nSPS) is 13.1. The van der Waals surface area contributed by atoms with Gasteiger partial charge in [-0.1, -0.05) is 20.8 Å². The zero-order valence-electron chi connectivity index (χ0n) is 9.84. The smallest absolute Gasteiger partial charge is 0.0701 e. The van der Waals surface area contributed by atoms with Crippen LogP contribution >= 0.6 is 0 Å². The maximum absolute atomic E-state index is 5.50. The van der Waals surface area contributed by atoms with Crippen molar-refractivity contribution in [3.05, 3.63) is 0 Å². The minimum atomic E-state index is 0.492. The van der Waals surface area contributed by atoms with Gasteiger partial charge in [0.15, 0.2) is 0 Å². The lowest BCUT2D eigenvalue weighted by Gasteiger charge is -2.15. The van der Waals surface area contributed by atoms with Crippen molar-refractivity contribution in [2.75, 3.05) is 33.0 Å². The lowest BCUT2D eigenvalue weighted by molar-refractivity contribution is 0.0391. The van der Waals surface area contributed by atoms with Gasteiger partial charge in [-0.25, -0.2) is 0 Å². The molecule has 1 atom stereocenters. The summed E-state index contributed by atoms with van der Waals surface area (Å²) in [5.41, 5.74) is 0. The molecule has 0 bridgehead atoms. The van der Waals surface area contributed by atoms with E-state index in [2.05, 4.69) is 26.1 Å². The second-order valence-electron chi connectivity index (χ2n) is 3.35. The number of ether oxygens (including phenoxy) is 2. The summed E-state index contributed by atoms with van der Waals surface area (Å²) in [6.07, 6.45) is 2.19. The van der Waals surface area contributed by atoms with Crippen molar-refractivity contribution in [2.45, 2.75) is 39.7 Å². The minimum Gasteiger partial charge on any atom is -0.379 e. The molecule has 0 aliphatic rings. The predicted octanol–water partition coefficient (Wildman–Crippen LogP) is 1.82. The molecule has 0 fully saturated rings. The standard InChI is InChI=1S/C11H25NO2/c1-4-7-13-8-9-14-10-11(5-2)12-6-3/h11-12H,4-10H2,1-3H3. The monoisotopic (exact) mass is 203 g/mol. The van der Waals surface area contributed by atoms with E-state index in [0.717, 1.165) is 39.2 Å². The summed E-state index contributed by atoms with van der Waals surface area (Å²) in [4.78, 5) is 0. The Balaban J connectivity index is 3.15. The van der Waals surface area contributed by atoms with E-state index in [0.29, 0.717) is 12.6 Å². The topological polar surface area (TPSA) is 30.5 Å². The number of hydrogen-bond acceptors (Lipinski definition) is 3. The largest absolute Gasteiger partial charge is 0.379 e. The van der Waals surface area contributed by atoms with E-state index in [1.54, 1.807) is 0 Å². The molecule has 0 aliphatic carbocycles. The van der Waals surface area contributed by atoms with E-state index in [1.165, 1.54) is 0 Å². The molecule has 0 aromatic carbocycles. The highest BCUT2D eigenvalue weighted by molar-refractivity contribution is 4.61. The van der Waals surface area contributed by atoms with Crippen LogP contribution in [0.5, 0.6) is 0 Å². The van der Waals surface area contributed by atoms with Gasteiger partial charge >= 0.3 is 0 Å². The van der Waals surface area contributed by atoms with Crippen LogP contribution in [0.3, 0.4) is 0 Å². The Morgan fingerprint density at radius 1 is 1.00 bits per heavy atom. The molecule has 0 spiro atoms. The van der Waals surface area contributed by atoms with Crippen molar-refractivity contribution >= 4 is 0 Å². The van der Waals surface area contributed by atoms with Gasteiger partial charge in [0, 0.05) is 12.6 Å². The van der Waals surface area contributed by atoms with Gasteiger partial charge in [0.1, 0.15) is 0 Å². The number of nitrogens with one attached hydrogen (secondary N) is 1. The van der Waals surface area contributed by atoms with Crippen LogP contribution in [0.2, 0.25) is 0 Å². The molecule has 3 heteroatoms. The van der Waals surface area contributed by atoms with Gasteiger partial charge in [0.25, 0.3) is 0 Å². The summed E-state index contributed by atoms with van der Waals surface area (Å²) in [7, 11) is 0. The highest BCUT2D eigenvalue weighted by atomic mass is 16.5. The molecule has 0 aromatic heterocycles. The van der Waals surface area contributed by atoms with E-state index >= 15 is 0 Å². The quantitative estimate of drug-likeness (QED) is 0.549. The van der Waals surface area contributed by atoms with Crippen LogP contribution in [-0.4, -0.2) is 39.0 Å². The van der Waals surface area contributed by atoms with Crippen LogP contribution < -0.4 is 5.32 Å². The van der Waals surface area contributed by atoms with E-state index in [4.69, 9.17) is 9.47 Å². The average molecular weight is 203 g/mol. The lowest BCUT2D eigenvalue weighted by atomic mass is 10.2. The maximum atomic E-state index is 5.50. The molecule has 0 saturated carbocycles. The molecule has 0 aliphatic heterocycles. The molecule has 0 heterocycles. The molecule has 3 nitrogen and oxygen atoms in total. The number of hydrogen-bond donors (Lipinski definition) is 1. The van der Waals surface area contributed by atoms with Crippen LogP contribution in [0.15, 0.2) is 0 Å². The Bertz CT molecular complexity index is 109. The van der Waals surface area contributed by atoms with Crippen molar-refractivity contribution in [2.24, 2.45) is 0 Å². The van der Waals surface area contributed by atoms with Gasteiger partial charge in [-0.3, -0.25) is 0 Å². The van der Waals surface area contributed by atoms with Crippen LogP contribution in [0.25, 0.3) is 0 Å². The third kappa shape index (κ3) is 8.48. The Kier molecular flexibility index (Phi) is 10.9. The second-order valence-corrected chi connectivity index (χ2v) is 3.35. The SMILES string of the molecule is CCCOCCOCC(CC)NCC. The summed E-state index contributed by atoms with van der Waals surface area (Å²) in [6, 6.07) is 0.492. The molecular weight excluding hydrogens is 178 g/mol. The summed E-state index contributed by atoms with van der Waals surface area (Å²) in [5, 5.41) is 3.37. The van der Waals surface area contributed by atoms with Crippen molar-refractivity contribution in [3.8, 4) is 0 Å². The lowest BCUT2D eigenvalue weighted by Crippen LogP contribution is -2.33. The second kappa shape index (κ2) is 11.0. The fourth-order valence-corrected chi connectivity index (χ4v) is 1.20. The fourth-order valence-electron chi connectivity index (χ4n) is 1.20. The molecule has 0 radical (unpaired) electrons. The van der Waals surface area contributed by atoms with Gasteiger partial charge in [-0.15, -0.1) is 0 Å². The summed E-state index contributed by atoms with van der Waals surface area (Å²) in [6.45, 7) is 10.5. The summed E-state index contributed by atoms with van der Waals surface area (Å²) in [5.74, 6) is 0. The van der Waals surface area contributed by atoms with E-state index in [-0.39, 0.29) is 0 Å². The zero-order valence-corrected chi connectivity index (χ0v) is 9.84. The van der Waals surface area contributed by atoms with Crippen molar-refractivity contribution in [1.82, 2.24) is 5.32 Å². The Labute approximate surface area is 88.2 Å². The predicted molar refractivity (Wildman–Crippen MR) is 59.7 cm³/mol. The first-order chi connectivity index (χ1) is 6.85. The van der Waals surface area contributed by atoms with Gasteiger partial charge in [0.2, 0.25) is 0 Å². The molecule has 1 N–H and O–H groups in total. The molecular formula is C11H25NO2. The van der Waals surface area contributed by atoms with Gasteiger partial charge in [0.05, 0.1) is 19.8 Å². The van der Waals surface area contributed by atoms with Crippen LogP contribution in [0, 0.1) is 0 Å². The molecule has 0 aromatic rings. The Morgan fingerprint density at radius 2 is 1.71 bits per heavy atom. The number of rotatable bonds is 10. The van der Waals surface area contributed by atoms with E-state index in [1.807, 2.05) is 0 Å².